The van der Waals surface area contributed by atoms with Crippen LogP contribution in [0, 0.1) is 0 Å². The van der Waals surface area contributed by atoms with Gasteiger partial charge in [0.1, 0.15) is 0 Å². The number of nitrogens with zero attached hydrogens (tertiary/aromatic N) is 2. The second kappa shape index (κ2) is 4.59. The van der Waals surface area contributed by atoms with Gasteiger partial charge in [0.05, 0.1) is 6.54 Å². The number of amides is 1. The SMILES string of the molecule is NNC(=O)c1cccc(Cn2cccn2)c1. The molecule has 0 saturated carbocycles. The van der Waals surface area contributed by atoms with Gasteiger partial charge in [-0.3, -0.25) is 14.9 Å². The largest absolute Gasteiger partial charge is 0.290 e. The van der Waals surface area contributed by atoms with Gasteiger partial charge in [0.2, 0.25) is 0 Å². The van der Waals surface area contributed by atoms with Gasteiger partial charge in [-0.15, -0.1) is 0 Å². The van der Waals surface area contributed by atoms with Crippen LogP contribution >= 0.6 is 0 Å². The molecule has 0 aliphatic rings. The Morgan fingerprint density at radius 2 is 2.31 bits per heavy atom. The van der Waals surface area contributed by atoms with Crippen LogP contribution in [0.2, 0.25) is 0 Å². The first-order valence-corrected chi connectivity index (χ1v) is 4.87. The molecule has 0 radical (unpaired) electrons. The number of nitrogens with two attached hydrogens (primary N) is 1. The lowest BCUT2D eigenvalue weighted by molar-refractivity contribution is 0.0953. The fourth-order valence-corrected chi connectivity index (χ4v) is 1.48. The summed E-state index contributed by atoms with van der Waals surface area (Å²) in [5, 5.41) is 4.10. The number of hydrogen-bond donors (Lipinski definition) is 2. The molecule has 2 aromatic rings. The average molecular weight is 216 g/mol. The minimum Gasteiger partial charge on any atom is -0.290 e. The van der Waals surface area contributed by atoms with E-state index in [2.05, 4.69) is 10.5 Å². The van der Waals surface area contributed by atoms with E-state index in [1.165, 1.54) is 0 Å². The van der Waals surface area contributed by atoms with Gasteiger partial charge in [-0.1, -0.05) is 12.1 Å². The van der Waals surface area contributed by atoms with Crippen molar-refractivity contribution in [1.29, 1.82) is 0 Å². The van der Waals surface area contributed by atoms with Crippen molar-refractivity contribution < 1.29 is 4.79 Å². The van der Waals surface area contributed by atoms with Crippen molar-refractivity contribution in [3.8, 4) is 0 Å². The molecule has 2 rings (SSSR count). The molecule has 5 heteroatoms. The number of hydrazine groups is 1. The lowest BCUT2D eigenvalue weighted by Crippen LogP contribution is -2.30. The summed E-state index contributed by atoms with van der Waals surface area (Å²) in [7, 11) is 0. The highest BCUT2D eigenvalue weighted by atomic mass is 16.2. The van der Waals surface area contributed by atoms with Crippen molar-refractivity contribution in [2.75, 3.05) is 0 Å². The van der Waals surface area contributed by atoms with Crippen LogP contribution in [0.1, 0.15) is 15.9 Å². The summed E-state index contributed by atoms with van der Waals surface area (Å²) in [6.07, 6.45) is 3.59. The van der Waals surface area contributed by atoms with Gasteiger partial charge in [0.25, 0.3) is 5.91 Å². The van der Waals surface area contributed by atoms with E-state index in [1.54, 1.807) is 23.0 Å². The summed E-state index contributed by atoms with van der Waals surface area (Å²) in [6.45, 7) is 0.638. The van der Waals surface area contributed by atoms with Crippen LogP contribution in [-0.4, -0.2) is 15.7 Å². The monoisotopic (exact) mass is 216 g/mol. The van der Waals surface area contributed by atoms with Gasteiger partial charge >= 0.3 is 0 Å². The Kier molecular flexibility index (Phi) is 2.98. The molecule has 0 atom stereocenters. The number of rotatable bonds is 3. The third kappa shape index (κ3) is 2.26. The van der Waals surface area contributed by atoms with E-state index in [4.69, 9.17) is 5.84 Å². The van der Waals surface area contributed by atoms with E-state index in [9.17, 15) is 4.79 Å². The molecule has 1 aromatic carbocycles. The maximum Gasteiger partial charge on any atom is 0.265 e. The molecule has 0 spiro atoms. The number of hydrogen-bond acceptors (Lipinski definition) is 3. The fourth-order valence-electron chi connectivity index (χ4n) is 1.48. The Labute approximate surface area is 92.8 Å². The van der Waals surface area contributed by atoms with E-state index in [0.29, 0.717) is 12.1 Å². The van der Waals surface area contributed by atoms with Crippen molar-refractivity contribution in [2.24, 2.45) is 5.84 Å². The van der Waals surface area contributed by atoms with E-state index >= 15 is 0 Å². The average Bonchev–Trinajstić information content (AvgIpc) is 2.81. The minimum absolute atomic E-state index is 0.290. The molecular formula is C11H12N4O. The van der Waals surface area contributed by atoms with Crippen molar-refractivity contribution in [3.05, 3.63) is 53.9 Å². The van der Waals surface area contributed by atoms with Gasteiger partial charge in [-0.05, 0) is 23.8 Å². The van der Waals surface area contributed by atoms with E-state index in [0.717, 1.165) is 5.56 Å². The molecule has 0 fully saturated rings. The number of carbonyl (C=O) groups is 1. The highest BCUT2D eigenvalue weighted by molar-refractivity contribution is 5.93. The van der Waals surface area contributed by atoms with Crippen LogP contribution < -0.4 is 11.3 Å². The highest BCUT2D eigenvalue weighted by Gasteiger charge is 2.04. The molecular weight excluding hydrogens is 204 g/mol. The number of nitrogens with one attached hydrogen (secondary N) is 1. The smallest absolute Gasteiger partial charge is 0.265 e. The third-order valence-electron chi connectivity index (χ3n) is 2.22. The maximum atomic E-state index is 11.3. The maximum absolute atomic E-state index is 11.3. The van der Waals surface area contributed by atoms with Gasteiger partial charge in [-0.2, -0.15) is 5.10 Å². The van der Waals surface area contributed by atoms with Crippen LogP contribution in [0.5, 0.6) is 0 Å². The number of aromatic nitrogens is 2. The summed E-state index contributed by atoms with van der Waals surface area (Å²) < 4.78 is 1.79. The van der Waals surface area contributed by atoms with E-state index in [1.807, 2.05) is 24.4 Å². The van der Waals surface area contributed by atoms with Crippen LogP contribution in [0.25, 0.3) is 0 Å². The summed E-state index contributed by atoms with van der Waals surface area (Å²) in [5.74, 6) is 4.78. The first-order chi connectivity index (χ1) is 7.79. The molecule has 5 nitrogen and oxygen atoms in total. The Morgan fingerprint density at radius 1 is 1.44 bits per heavy atom. The van der Waals surface area contributed by atoms with Gasteiger partial charge in [0, 0.05) is 18.0 Å². The molecule has 0 saturated heterocycles. The molecule has 82 valence electrons. The number of benzene rings is 1. The molecule has 1 amide bonds. The second-order valence-electron chi connectivity index (χ2n) is 3.38. The topological polar surface area (TPSA) is 72.9 Å². The minimum atomic E-state index is -0.290. The van der Waals surface area contributed by atoms with Crippen molar-refractivity contribution in [3.63, 3.8) is 0 Å². The van der Waals surface area contributed by atoms with Gasteiger partial charge < -0.3 is 0 Å². The summed E-state index contributed by atoms with van der Waals surface area (Å²) in [6, 6.07) is 9.13. The Hall–Kier alpha value is -2.14. The van der Waals surface area contributed by atoms with Crippen LogP contribution in [-0.2, 0) is 6.54 Å². The Bertz CT molecular complexity index is 478. The number of carbonyl (C=O) groups excluding carboxylic acids is 1. The zero-order valence-corrected chi connectivity index (χ0v) is 8.63. The molecule has 16 heavy (non-hydrogen) atoms. The quantitative estimate of drug-likeness (QED) is 0.446. The molecule has 0 unspecified atom stereocenters. The lowest BCUT2D eigenvalue weighted by Gasteiger charge is -2.04. The summed E-state index contributed by atoms with van der Waals surface area (Å²) in [5.41, 5.74) is 3.66. The van der Waals surface area contributed by atoms with Gasteiger partial charge in [-0.25, -0.2) is 5.84 Å². The van der Waals surface area contributed by atoms with Crippen LogP contribution in [0.15, 0.2) is 42.7 Å². The van der Waals surface area contributed by atoms with Crippen LogP contribution in [0.3, 0.4) is 0 Å². The zero-order valence-electron chi connectivity index (χ0n) is 8.63. The molecule has 0 aliphatic carbocycles. The lowest BCUT2D eigenvalue weighted by atomic mass is 10.1. The first kappa shape index (κ1) is 10.4. The summed E-state index contributed by atoms with van der Waals surface area (Å²) in [4.78, 5) is 11.3. The van der Waals surface area contributed by atoms with Gasteiger partial charge in [0.15, 0.2) is 0 Å². The van der Waals surface area contributed by atoms with E-state index < -0.39 is 0 Å². The van der Waals surface area contributed by atoms with Crippen molar-refractivity contribution in [1.82, 2.24) is 15.2 Å². The Balaban J connectivity index is 2.19. The second-order valence-corrected chi connectivity index (χ2v) is 3.38. The zero-order chi connectivity index (χ0) is 11.4. The van der Waals surface area contributed by atoms with Crippen molar-refractivity contribution >= 4 is 5.91 Å². The fraction of sp³-hybridized carbons (Fsp3) is 0.0909. The van der Waals surface area contributed by atoms with Crippen LogP contribution in [0.4, 0.5) is 0 Å². The van der Waals surface area contributed by atoms with Crippen molar-refractivity contribution in [2.45, 2.75) is 6.54 Å². The number of nitrogen functional groups attached to an aromatic ring is 1. The predicted molar refractivity (Wildman–Crippen MR) is 59.4 cm³/mol. The standard InChI is InChI=1S/C11H12N4O/c12-14-11(16)10-4-1-3-9(7-10)8-15-6-2-5-13-15/h1-7H,8,12H2,(H,14,16). The molecule has 0 aliphatic heterocycles. The van der Waals surface area contributed by atoms with E-state index in [-0.39, 0.29) is 5.91 Å². The highest BCUT2D eigenvalue weighted by Crippen LogP contribution is 2.06. The Morgan fingerprint density at radius 3 is 3.00 bits per heavy atom. The molecule has 3 N–H and O–H groups in total. The normalized spacial score (nSPS) is 10.1. The molecule has 0 bridgehead atoms. The summed E-state index contributed by atoms with van der Waals surface area (Å²) >= 11 is 0. The molecule has 1 aromatic heterocycles. The third-order valence-corrected chi connectivity index (χ3v) is 2.22. The predicted octanol–water partition coefficient (Wildman–Crippen LogP) is 0.535. The first-order valence-electron chi connectivity index (χ1n) is 4.87. The molecule has 1 heterocycles.